The Kier molecular flexibility index (Phi) is 3.57. The summed E-state index contributed by atoms with van der Waals surface area (Å²) in [5, 5.41) is 3.75. The van der Waals surface area contributed by atoms with Crippen LogP contribution < -0.4 is 5.76 Å². The Morgan fingerprint density at radius 2 is 2.04 bits per heavy atom. The summed E-state index contributed by atoms with van der Waals surface area (Å²) >= 11 is 0. The molecule has 0 aliphatic heterocycles. The first-order chi connectivity index (χ1) is 11.7. The first kappa shape index (κ1) is 14.6. The highest BCUT2D eigenvalue weighted by Crippen LogP contribution is 2.23. The molecule has 3 aromatic rings. The number of nitrogens with zero attached hydrogens (tertiary/aromatic N) is 3. The van der Waals surface area contributed by atoms with Gasteiger partial charge in [0.05, 0.1) is 6.54 Å². The fraction of sp³-hybridized carbons (Fsp3) is 0.222. The fourth-order valence-corrected chi connectivity index (χ4v) is 3.07. The summed E-state index contributed by atoms with van der Waals surface area (Å²) in [5.41, 5.74) is 3.63. The first-order valence-electron chi connectivity index (χ1n) is 7.85. The summed E-state index contributed by atoms with van der Waals surface area (Å²) in [6.07, 6.45) is 4.80. The number of hydrogen-bond acceptors (Lipinski definition) is 5. The number of Topliss-reactive ketones (excluding diaryl/α,β-unsaturated/α-hetero) is 1. The van der Waals surface area contributed by atoms with Gasteiger partial charge in [-0.25, -0.2) is 9.36 Å². The van der Waals surface area contributed by atoms with E-state index in [2.05, 4.69) is 10.1 Å². The van der Waals surface area contributed by atoms with Crippen LogP contribution in [0.3, 0.4) is 0 Å². The van der Waals surface area contributed by atoms with Crippen molar-refractivity contribution in [3.05, 3.63) is 69.8 Å². The molecule has 2 heterocycles. The van der Waals surface area contributed by atoms with Crippen LogP contribution in [0.5, 0.6) is 0 Å². The van der Waals surface area contributed by atoms with Gasteiger partial charge in [-0.3, -0.25) is 14.3 Å². The quantitative estimate of drug-likeness (QED) is 0.689. The number of pyridine rings is 1. The number of carbonyl (C=O) groups excluding carboxylic acids is 1. The summed E-state index contributed by atoms with van der Waals surface area (Å²) in [6.45, 7) is -0.118. The molecule has 6 heteroatoms. The number of rotatable bonds is 4. The molecule has 0 amide bonds. The molecule has 0 fully saturated rings. The van der Waals surface area contributed by atoms with Gasteiger partial charge in [0.1, 0.15) is 5.69 Å². The van der Waals surface area contributed by atoms with Crippen LogP contribution in [0.1, 0.15) is 27.9 Å². The maximum absolute atomic E-state index is 12.6. The molecule has 0 saturated heterocycles. The topological polar surface area (TPSA) is 78.0 Å². The number of ketones is 1. The Morgan fingerprint density at radius 3 is 2.88 bits per heavy atom. The average molecular weight is 321 g/mol. The standard InChI is InChI=1S/C18H15N3O3/c22-16(14-8-7-12-4-3-5-13(12)10-14)11-21-17(20-24-18(21)23)15-6-1-2-9-19-15/h1-2,6-10H,3-5,11H2. The molecule has 24 heavy (non-hydrogen) atoms. The number of aryl methyl sites for hydroxylation is 2. The van der Waals surface area contributed by atoms with E-state index >= 15 is 0 Å². The molecule has 6 nitrogen and oxygen atoms in total. The second-order valence-corrected chi connectivity index (χ2v) is 5.83. The number of carbonyl (C=O) groups is 1. The van der Waals surface area contributed by atoms with Gasteiger partial charge >= 0.3 is 5.76 Å². The normalized spacial score (nSPS) is 13.0. The molecule has 1 aromatic carbocycles. The molecule has 2 aromatic heterocycles. The predicted molar refractivity (Wildman–Crippen MR) is 86.8 cm³/mol. The number of fused-ring (bicyclic) bond motifs is 1. The minimum Gasteiger partial charge on any atom is -0.295 e. The molecule has 0 N–H and O–H groups in total. The van der Waals surface area contributed by atoms with Crippen LogP contribution in [-0.4, -0.2) is 20.5 Å². The van der Waals surface area contributed by atoms with E-state index < -0.39 is 5.76 Å². The Morgan fingerprint density at radius 1 is 1.17 bits per heavy atom. The van der Waals surface area contributed by atoms with Crippen molar-refractivity contribution < 1.29 is 9.32 Å². The molecule has 0 atom stereocenters. The van der Waals surface area contributed by atoms with Gasteiger partial charge in [-0.2, -0.15) is 0 Å². The van der Waals surface area contributed by atoms with E-state index in [9.17, 15) is 9.59 Å². The SMILES string of the molecule is O=C(Cn1c(-c2ccccn2)noc1=O)c1ccc2c(c1)CCC2. The maximum Gasteiger partial charge on any atom is 0.442 e. The predicted octanol–water partition coefficient (Wildman–Crippen LogP) is 2.27. The summed E-state index contributed by atoms with van der Waals surface area (Å²) < 4.78 is 5.95. The molecule has 0 saturated carbocycles. The zero-order chi connectivity index (χ0) is 16.5. The average Bonchev–Trinajstić information content (AvgIpc) is 3.22. The Bertz CT molecular complexity index is 957. The third-order valence-electron chi connectivity index (χ3n) is 4.30. The van der Waals surface area contributed by atoms with Crippen LogP contribution in [0.4, 0.5) is 0 Å². The van der Waals surface area contributed by atoms with Gasteiger partial charge in [-0.05, 0) is 48.6 Å². The number of aromatic nitrogens is 3. The lowest BCUT2D eigenvalue weighted by Crippen LogP contribution is -2.21. The highest BCUT2D eigenvalue weighted by Gasteiger charge is 2.19. The lowest BCUT2D eigenvalue weighted by Gasteiger charge is -2.06. The molecule has 0 unspecified atom stereocenters. The van der Waals surface area contributed by atoms with Crippen molar-refractivity contribution >= 4 is 5.78 Å². The molecular weight excluding hydrogens is 306 g/mol. The highest BCUT2D eigenvalue weighted by atomic mass is 16.5. The molecule has 0 spiro atoms. The van der Waals surface area contributed by atoms with Gasteiger partial charge in [-0.1, -0.05) is 23.4 Å². The molecule has 1 aliphatic carbocycles. The van der Waals surface area contributed by atoms with Crippen molar-refractivity contribution in [3.63, 3.8) is 0 Å². The summed E-state index contributed by atoms with van der Waals surface area (Å²) in [4.78, 5) is 28.7. The van der Waals surface area contributed by atoms with E-state index in [1.807, 2.05) is 18.2 Å². The molecule has 120 valence electrons. The van der Waals surface area contributed by atoms with Crippen LogP contribution >= 0.6 is 0 Å². The number of hydrogen-bond donors (Lipinski definition) is 0. The van der Waals surface area contributed by atoms with E-state index in [-0.39, 0.29) is 18.2 Å². The van der Waals surface area contributed by atoms with Gasteiger partial charge in [0, 0.05) is 11.8 Å². The van der Waals surface area contributed by atoms with E-state index in [1.54, 1.807) is 24.4 Å². The first-order valence-corrected chi connectivity index (χ1v) is 7.85. The van der Waals surface area contributed by atoms with Crippen molar-refractivity contribution in [3.8, 4) is 11.5 Å². The Balaban J connectivity index is 1.65. The third-order valence-corrected chi connectivity index (χ3v) is 4.30. The summed E-state index contributed by atoms with van der Waals surface area (Å²) in [6, 6.07) is 11.0. The minimum absolute atomic E-state index is 0.118. The van der Waals surface area contributed by atoms with Crippen molar-refractivity contribution in [2.24, 2.45) is 0 Å². The van der Waals surface area contributed by atoms with Crippen molar-refractivity contribution in [1.29, 1.82) is 0 Å². The van der Waals surface area contributed by atoms with Gasteiger partial charge < -0.3 is 0 Å². The second-order valence-electron chi connectivity index (χ2n) is 5.83. The van der Waals surface area contributed by atoms with Crippen LogP contribution in [0.2, 0.25) is 0 Å². The lowest BCUT2D eigenvalue weighted by atomic mass is 10.0. The Labute approximate surface area is 137 Å². The van der Waals surface area contributed by atoms with E-state index in [0.29, 0.717) is 11.3 Å². The molecule has 1 aliphatic rings. The van der Waals surface area contributed by atoms with Gasteiger partial charge in [-0.15, -0.1) is 0 Å². The van der Waals surface area contributed by atoms with Crippen molar-refractivity contribution in [2.45, 2.75) is 25.8 Å². The van der Waals surface area contributed by atoms with Crippen LogP contribution in [-0.2, 0) is 19.4 Å². The molecule has 0 radical (unpaired) electrons. The van der Waals surface area contributed by atoms with Gasteiger partial charge in [0.25, 0.3) is 0 Å². The summed E-state index contributed by atoms with van der Waals surface area (Å²) in [7, 11) is 0. The van der Waals surface area contributed by atoms with Crippen LogP contribution in [0.25, 0.3) is 11.5 Å². The summed E-state index contributed by atoms with van der Waals surface area (Å²) in [5.74, 6) is -0.549. The molecular formula is C18H15N3O3. The van der Waals surface area contributed by atoms with Crippen molar-refractivity contribution in [1.82, 2.24) is 14.7 Å². The van der Waals surface area contributed by atoms with E-state index in [0.717, 1.165) is 19.3 Å². The molecule has 4 rings (SSSR count). The minimum atomic E-state index is -0.662. The van der Waals surface area contributed by atoms with Crippen molar-refractivity contribution in [2.75, 3.05) is 0 Å². The smallest absolute Gasteiger partial charge is 0.295 e. The van der Waals surface area contributed by atoms with E-state index in [1.165, 1.54) is 15.7 Å². The van der Waals surface area contributed by atoms with Gasteiger partial charge in [0.15, 0.2) is 5.78 Å². The number of benzene rings is 1. The van der Waals surface area contributed by atoms with Gasteiger partial charge in [0.2, 0.25) is 5.82 Å². The van der Waals surface area contributed by atoms with E-state index in [4.69, 9.17) is 4.52 Å². The Hall–Kier alpha value is -3.02. The van der Waals surface area contributed by atoms with Crippen LogP contribution in [0, 0.1) is 0 Å². The monoisotopic (exact) mass is 321 g/mol. The zero-order valence-corrected chi connectivity index (χ0v) is 12.9. The largest absolute Gasteiger partial charge is 0.442 e. The maximum atomic E-state index is 12.6. The fourth-order valence-electron chi connectivity index (χ4n) is 3.07. The lowest BCUT2D eigenvalue weighted by molar-refractivity contribution is 0.0969. The third kappa shape index (κ3) is 2.56. The zero-order valence-electron chi connectivity index (χ0n) is 12.9. The second kappa shape index (κ2) is 5.88. The highest BCUT2D eigenvalue weighted by molar-refractivity contribution is 5.96. The molecule has 0 bridgehead atoms. The van der Waals surface area contributed by atoms with Crippen LogP contribution in [0.15, 0.2) is 51.9 Å².